The first kappa shape index (κ1) is 10.6. The summed E-state index contributed by atoms with van der Waals surface area (Å²) in [4.78, 5) is 24.8. The number of ether oxygens (including phenoxy) is 2. The van der Waals surface area contributed by atoms with Crippen molar-refractivity contribution in [3.8, 4) is 0 Å². The minimum absolute atomic E-state index is 0.491. The van der Waals surface area contributed by atoms with Gasteiger partial charge in [0.2, 0.25) is 0 Å². The molecule has 0 heterocycles. The Morgan fingerprint density at radius 1 is 1.33 bits per heavy atom. The number of hydrogen-bond donors (Lipinski definition) is 0. The highest BCUT2D eigenvalue weighted by Crippen LogP contribution is 1.90. The number of aliphatic imine (C=N–C) groups is 1. The van der Waals surface area contributed by atoms with Crippen LogP contribution in [-0.4, -0.2) is 38.4 Å². The normalized spacial score (nSPS) is 12.6. The standard InChI is InChI=1S/C7H11NO4/c1-5(7(10)12-3)8-4-6(9)11-2/h4-5H,1-3H3. The van der Waals surface area contributed by atoms with Gasteiger partial charge in [0.25, 0.3) is 0 Å². The van der Waals surface area contributed by atoms with Crippen LogP contribution in [0.25, 0.3) is 0 Å². The van der Waals surface area contributed by atoms with E-state index in [1.165, 1.54) is 21.1 Å². The van der Waals surface area contributed by atoms with Crippen LogP contribution in [-0.2, 0) is 19.1 Å². The second-order valence-electron chi connectivity index (χ2n) is 2.00. The van der Waals surface area contributed by atoms with Crippen molar-refractivity contribution < 1.29 is 19.1 Å². The van der Waals surface area contributed by atoms with Crippen molar-refractivity contribution in [3.63, 3.8) is 0 Å². The molecule has 12 heavy (non-hydrogen) atoms. The Hall–Kier alpha value is -1.39. The van der Waals surface area contributed by atoms with E-state index >= 15 is 0 Å². The molecule has 0 aromatic heterocycles. The fourth-order valence-corrected chi connectivity index (χ4v) is 0.457. The van der Waals surface area contributed by atoms with Crippen LogP contribution in [0.2, 0.25) is 0 Å². The monoisotopic (exact) mass is 173 g/mol. The Balaban J connectivity index is 3.98. The van der Waals surface area contributed by atoms with Crippen LogP contribution < -0.4 is 0 Å². The van der Waals surface area contributed by atoms with Crippen LogP contribution in [0.4, 0.5) is 0 Å². The van der Waals surface area contributed by atoms with E-state index in [0.717, 1.165) is 6.21 Å². The molecule has 0 saturated carbocycles. The van der Waals surface area contributed by atoms with Crippen LogP contribution in [0, 0.1) is 0 Å². The van der Waals surface area contributed by atoms with Gasteiger partial charge < -0.3 is 9.47 Å². The largest absolute Gasteiger partial charge is 0.467 e. The Morgan fingerprint density at radius 2 is 1.92 bits per heavy atom. The molecule has 1 atom stereocenters. The highest BCUT2D eigenvalue weighted by molar-refractivity contribution is 6.23. The lowest BCUT2D eigenvalue weighted by molar-refractivity contribution is -0.141. The van der Waals surface area contributed by atoms with Crippen molar-refractivity contribution in [3.05, 3.63) is 0 Å². The minimum atomic E-state index is -0.672. The molecule has 0 aromatic carbocycles. The average Bonchev–Trinajstić information content (AvgIpc) is 2.11. The molecule has 0 aliphatic rings. The average molecular weight is 173 g/mol. The van der Waals surface area contributed by atoms with E-state index in [1.54, 1.807) is 0 Å². The molecule has 5 heteroatoms. The van der Waals surface area contributed by atoms with Crippen LogP contribution in [0.5, 0.6) is 0 Å². The molecule has 1 unspecified atom stereocenters. The molecule has 0 spiro atoms. The quantitative estimate of drug-likeness (QED) is 0.437. The number of carbonyl (C=O) groups excluding carboxylic acids is 2. The zero-order valence-electron chi connectivity index (χ0n) is 7.23. The fourth-order valence-electron chi connectivity index (χ4n) is 0.457. The lowest BCUT2D eigenvalue weighted by Crippen LogP contribution is -2.17. The van der Waals surface area contributed by atoms with Gasteiger partial charge in [-0.05, 0) is 6.92 Å². The van der Waals surface area contributed by atoms with Crippen molar-refractivity contribution in [1.29, 1.82) is 0 Å². The van der Waals surface area contributed by atoms with E-state index in [2.05, 4.69) is 14.5 Å². The van der Waals surface area contributed by atoms with Crippen LogP contribution >= 0.6 is 0 Å². The number of rotatable bonds is 3. The number of methoxy groups -OCH3 is 2. The number of carbonyl (C=O) groups is 2. The van der Waals surface area contributed by atoms with Gasteiger partial charge in [0.1, 0.15) is 12.3 Å². The molecular formula is C7H11NO4. The van der Waals surface area contributed by atoms with Gasteiger partial charge in [-0.2, -0.15) is 0 Å². The summed E-state index contributed by atoms with van der Waals surface area (Å²) in [6, 6.07) is -0.672. The molecule has 0 amide bonds. The third-order valence-corrected chi connectivity index (χ3v) is 1.15. The summed E-state index contributed by atoms with van der Waals surface area (Å²) in [5.74, 6) is -1.08. The molecule has 0 saturated heterocycles. The van der Waals surface area contributed by atoms with Crippen molar-refractivity contribution >= 4 is 18.2 Å². The van der Waals surface area contributed by atoms with Crippen LogP contribution in [0.3, 0.4) is 0 Å². The summed E-state index contributed by atoms with van der Waals surface area (Å²) in [5, 5.41) is 0. The van der Waals surface area contributed by atoms with Crippen molar-refractivity contribution in [1.82, 2.24) is 0 Å². The smallest absolute Gasteiger partial charge is 0.348 e. The number of nitrogens with zero attached hydrogens (tertiary/aromatic N) is 1. The minimum Gasteiger partial charge on any atom is -0.467 e. The van der Waals surface area contributed by atoms with Gasteiger partial charge in [0.15, 0.2) is 0 Å². The summed E-state index contributed by atoms with van der Waals surface area (Å²) in [6.45, 7) is 1.52. The van der Waals surface area contributed by atoms with Crippen molar-refractivity contribution in [2.24, 2.45) is 4.99 Å². The zero-order valence-corrected chi connectivity index (χ0v) is 7.23. The molecule has 0 fully saturated rings. The summed E-state index contributed by atoms with van der Waals surface area (Å²) in [7, 11) is 2.49. The highest BCUT2D eigenvalue weighted by atomic mass is 16.5. The van der Waals surface area contributed by atoms with Crippen molar-refractivity contribution in [2.75, 3.05) is 14.2 Å². The van der Waals surface area contributed by atoms with Gasteiger partial charge in [-0.3, -0.25) is 4.99 Å². The summed E-state index contributed by atoms with van der Waals surface area (Å²) >= 11 is 0. The second kappa shape index (κ2) is 5.29. The highest BCUT2D eigenvalue weighted by Gasteiger charge is 2.10. The molecule has 5 nitrogen and oxygen atoms in total. The van der Waals surface area contributed by atoms with E-state index in [-0.39, 0.29) is 0 Å². The third kappa shape index (κ3) is 3.70. The second-order valence-corrected chi connectivity index (χ2v) is 2.00. The fraction of sp³-hybridized carbons (Fsp3) is 0.571. The third-order valence-electron chi connectivity index (χ3n) is 1.15. The van der Waals surface area contributed by atoms with Gasteiger partial charge in [-0.25, -0.2) is 9.59 Å². The Morgan fingerprint density at radius 3 is 2.33 bits per heavy atom. The maximum absolute atomic E-state index is 10.7. The molecule has 0 aliphatic heterocycles. The number of esters is 2. The van der Waals surface area contributed by atoms with E-state index in [0.29, 0.717) is 0 Å². The Kier molecular flexibility index (Phi) is 4.67. The molecule has 68 valence electrons. The topological polar surface area (TPSA) is 65.0 Å². The lowest BCUT2D eigenvalue weighted by Gasteiger charge is -2.01. The molecule has 0 bridgehead atoms. The van der Waals surface area contributed by atoms with Gasteiger partial charge in [0, 0.05) is 0 Å². The number of hydrogen-bond acceptors (Lipinski definition) is 5. The Labute approximate surface area is 70.4 Å². The molecule has 0 aliphatic carbocycles. The maximum Gasteiger partial charge on any atom is 0.348 e. The van der Waals surface area contributed by atoms with Crippen LogP contribution in [0.1, 0.15) is 6.92 Å². The van der Waals surface area contributed by atoms with Crippen molar-refractivity contribution in [2.45, 2.75) is 13.0 Å². The van der Waals surface area contributed by atoms with E-state index in [4.69, 9.17) is 0 Å². The lowest BCUT2D eigenvalue weighted by atomic mass is 10.4. The first-order valence-electron chi connectivity index (χ1n) is 3.30. The molecule has 0 rings (SSSR count). The molecule has 0 N–H and O–H groups in total. The van der Waals surface area contributed by atoms with Gasteiger partial charge >= 0.3 is 11.9 Å². The van der Waals surface area contributed by atoms with E-state index < -0.39 is 18.0 Å². The predicted octanol–water partition coefficient (Wildman–Crippen LogP) is -0.208. The maximum atomic E-state index is 10.7. The summed E-state index contributed by atoms with van der Waals surface area (Å²) in [5.41, 5.74) is 0. The van der Waals surface area contributed by atoms with E-state index in [9.17, 15) is 9.59 Å². The SMILES string of the molecule is COC(=O)C=NC(C)C(=O)OC. The predicted molar refractivity (Wildman–Crippen MR) is 42.0 cm³/mol. The van der Waals surface area contributed by atoms with Crippen LogP contribution in [0.15, 0.2) is 4.99 Å². The van der Waals surface area contributed by atoms with Gasteiger partial charge in [0.05, 0.1) is 14.2 Å². The molecule has 0 aromatic rings. The Bertz CT molecular complexity index is 200. The molecular weight excluding hydrogens is 162 g/mol. The zero-order chi connectivity index (χ0) is 9.56. The van der Waals surface area contributed by atoms with E-state index in [1.807, 2.05) is 0 Å². The molecule has 0 radical (unpaired) electrons. The summed E-state index contributed by atoms with van der Waals surface area (Å²) in [6.07, 6.45) is 0.946. The first-order valence-corrected chi connectivity index (χ1v) is 3.30. The van der Waals surface area contributed by atoms with Gasteiger partial charge in [-0.1, -0.05) is 0 Å². The summed E-state index contributed by atoms with van der Waals surface area (Å²) < 4.78 is 8.65. The first-order chi connectivity index (χ1) is 5.61. The van der Waals surface area contributed by atoms with Gasteiger partial charge in [-0.15, -0.1) is 0 Å².